The summed E-state index contributed by atoms with van der Waals surface area (Å²) in [7, 11) is 1.99. The van der Waals surface area contributed by atoms with Crippen molar-refractivity contribution in [2.75, 3.05) is 20.2 Å². The maximum Gasteiger partial charge on any atom is 0.258 e. The number of aliphatic hydroxyl groups is 1. The van der Waals surface area contributed by atoms with E-state index in [9.17, 15) is 14.7 Å². The summed E-state index contributed by atoms with van der Waals surface area (Å²) in [5, 5.41) is 13.3. The first kappa shape index (κ1) is 21.6. The van der Waals surface area contributed by atoms with Gasteiger partial charge in [0, 0.05) is 55.3 Å². The zero-order valence-electron chi connectivity index (χ0n) is 18.6. The number of benzene rings is 1. The van der Waals surface area contributed by atoms with Crippen molar-refractivity contribution >= 4 is 5.91 Å². The molecule has 2 N–H and O–H groups in total. The monoisotopic (exact) mass is 444 g/mol. The largest absolute Gasteiger partial charge is 0.396 e. The van der Waals surface area contributed by atoms with Crippen LogP contribution in [0.25, 0.3) is 11.1 Å². The summed E-state index contributed by atoms with van der Waals surface area (Å²) >= 11 is 0. The summed E-state index contributed by atoms with van der Waals surface area (Å²) in [5.41, 5.74) is 3.37. The van der Waals surface area contributed by atoms with E-state index in [-0.39, 0.29) is 36.1 Å². The molecule has 2 bridgehead atoms. The number of amides is 1. The molecular formula is C26H28N4O3. The summed E-state index contributed by atoms with van der Waals surface area (Å²) in [6.45, 7) is 0.897. The normalized spacial score (nSPS) is 23.8. The molecule has 0 saturated carbocycles. The quantitative estimate of drug-likeness (QED) is 0.606. The number of nitrogens with one attached hydrogen (secondary N) is 1. The van der Waals surface area contributed by atoms with Crippen molar-refractivity contribution in [1.29, 1.82) is 0 Å². The van der Waals surface area contributed by atoms with Crippen molar-refractivity contribution in [1.82, 2.24) is 19.8 Å². The van der Waals surface area contributed by atoms with Crippen LogP contribution in [0.5, 0.6) is 0 Å². The smallest absolute Gasteiger partial charge is 0.258 e. The third-order valence-electron chi connectivity index (χ3n) is 7.20. The average molecular weight is 445 g/mol. The van der Waals surface area contributed by atoms with E-state index < -0.39 is 5.92 Å². The van der Waals surface area contributed by atoms with Gasteiger partial charge in [-0.2, -0.15) is 0 Å². The lowest BCUT2D eigenvalue weighted by Crippen LogP contribution is -2.44. The zero-order valence-corrected chi connectivity index (χ0v) is 18.6. The van der Waals surface area contributed by atoms with Gasteiger partial charge in [0.1, 0.15) is 0 Å². The minimum absolute atomic E-state index is 0.0661. The van der Waals surface area contributed by atoms with Crippen LogP contribution < -0.4 is 10.9 Å². The third-order valence-corrected chi connectivity index (χ3v) is 7.20. The SMILES string of the molecule is CN1[C@@H]2Cn3c(ccc(-c4ccncc4)c3=O)[C@H]1[C@@H](C(=O)NCCc1ccccc1)[C@@H]2CO. The molecule has 5 rings (SSSR count). The molecule has 2 aliphatic heterocycles. The van der Waals surface area contributed by atoms with Crippen LogP contribution in [0.15, 0.2) is 71.8 Å². The molecule has 33 heavy (non-hydrogen) atoms. The van der Waals surface area contributed by atoms with E-state index in [1.54, 1.807) is 17.0 Å². The molecule has 0 aliphatic carbocycles. The van der Waals surface area contributed by atoms with Gasteiger partial charge < -0.3 is 15.0 Å². The fourth-order valence-corrected chi connectivity index (χ4v) is 5.53. The highest BCUT2D eigenvalue weighted by molar-refractivity contribution is 5.80. The van der Waals surface area contributed by atoms with Crippen molar-refractivity contribution in [3.05, 3.63) is 88.6 Å². The number of hydrogen-bond donors (Lipinski definition) is 2. The van der Waals surface area contributed by atoms with Crippen LogP contribution in [0.2, 0.25) is 0 Å². The molecule has 2 aliphatic rings. The van der Waals surface area contributed by atoms with Gasteiger partial charge in [-0.1, -0.05) is 30.3 Å². The van der Waals surface area contributed by atoms with Gasteiger partial charge in [-0.3, -0.25) is 19.5 Å². The minimum atomic E-state index is -0.416. The van der Waals surface area contributed by atoms with E-state index in [4.69, 9.17) is 0 Å². The number of likely N-dealkylation sites (N-methyl/N-ethyl adjacent to an activating group) is 1. The lowest BCUT2D eigenvalue weighted by molar-refractivity contribution is -0.127. The van der Waals surface area contributed by atoms with Crippen LogP contribution in [0.1, 0.15) is 17.3 Å². The van der Waals surface area contributed by atoms with Gasteiger partial charge >= 0.3 is 0 Å². The standard InChI is InChI=1S/C26H28N4O3/c1-29-22-15-30-21(8-7-19(26(30)33)18-10-12-27-13-11-18)24(29)23(20(22)16-31)25(32)28-14-9-17-5-3-2-4-6-17/h2-8,10-13,20,22-24,31H,9,14-16H2,1H3,(H,28,32)/t20-,22-,23+,24+/m1/s1. The molecule has 4 heterocycles. The Labute approximate surface area is 192 Å². The number of carbonyl (C=O) groups is 1. The predicted octanol–water partition coefficient (Wildman–Crippen LogP) is 1.86. The second-order valence-corrected chi connectivity index (χ2v) is 8.90. The second kappa shape index (κ2) is 8.92. The first-order chi connectivity index (χ1) is 16.1. The van der Waals surface area contributed by atoms with Crippen molar-refractivity contribution in [3.8, 4) is 11.1 Å². The number of nitrogens with zero attached hydrogens (tertiary/aromatic N) is 3. The van der Waals surface area contributed by atoms with Crippen LogP contribution in [-0.2, 0) is 17.8 Å². The van der Waals surface area contributed by atoms with E-state index >= 15 is 0 Å². The molecule has 1 saturated heterocycles. The Morgan fingerprint density at radius 2 is 1.88 bits per heavy atom. The zero-order chi connectivity index (χ0) is 22.9. The van der Waals surface area contributed by atoms with Crippen molar-refractivity contribution in [3.63, 3.8) is 0 Å². The van der Waals surface area contributed by atoms with Crippen LogP contribution in [0, 0.1) is 11.8 Å². The van der Waals surface area contributed by atoms with Gasteiger partial charge in [0.05, 0.1) is 12.0 Å². The highest BCUT2D eigenvalue weighted by Gasteiger charge is 2.54. The Bertz CT molecular complexity index is 1200. The first-order valence-corrected chi connectivity index (χ1v) is 11.4. The van der Waals surface area contributed by atoms with E-state index in [1.807, 2.05) is 61.6 Å². The maximum atomic E-state index is 13.4. The van der Waals surface area contributed by atoms with E-state index in [0.717, 1.165) is 17.7 Å². The Balaban J connectivity index is 1.43. The van der Waals surface area contributed by atoms with Crippen LogP contribution >= 0.6 is 0 Å². The van der Waals surface area contributed by atoms with Crippen LogP contribution in [0.3, 0.4) is 0 Å². The fourth-order valence-electron chi connectivity index (χ4n) is 5.53. The number of fused-ring (bicyclic) bond motifs is 4. The molecule has 4 atom stereocenters. The molecule has 3 aromatic rings. The van der Waals surface area contributed by atoms with Gasteiger partial charge in [-0.05, 0) is 48.9 Å². The average Bonchev–Trinajstić information content (AvgIpc) is 3.02. The minimum Gasteiger partial charge on any atom is -0.396 e. The number of carbonyl (C=O) groups excluding carboxylic acids is 1. The predicted molar refractivity (Wildman–Crippen MR) is 125 cm³/mol. The molecule has 7 nitrogen and oxygen atoms in total. The molecule has 1 aromatic carbocycles. The molecular weight excluding hydrogens is 416 g/mol. The van der Waals surface area contributed by atoms with Crippen molar-refractivity contribution < 1.29 is 9.90 Å². The number of aliphatic hydroxyl groups excluding tert-OH is 1. The van der Waals surface area contributed by atoms with E-state index in [1.165, 1.54) is 5.56 Å². The molecule has 1 amide bonds. The summed E-state index contributed by atoms with van der Waals surface area (Å²) in [6.07, 6.45) is 4.10. The Morgan fingerprint density at radius 1 is 1.12 bits per heavy atom. The second-order valence-electron chi connectivity index (χ2n) is 8.90. The Morgan fingerprint density at radius 3 is 2.61 bits per heavy atom. The summed E-state index contributed by atoms with van der Waals surface area (Å²) < 4.78 is 1.80. The summed E-state index contributed by atoms with van der Waals surface area (Å²) in [6, 6.07) is 17.2. The van der Waals surface area contributed by atoms with Gasteiger partial charge in [-0.25, -0.2) is 0 Å². The van der Waals surface area contributed by atoms with Gasteiger partial charge in [0.15, 0.2) is 0 Å². The molecule has 0 spiro atoms. The lowest BCUT2D eigenvalue weighted by Gasteiger charge is -2.35. The van der Waals surface area contributed by atoms with Crippen molar-refractivity contribution in [2.45, 2.75) is 25.0 Å². The molecule has 7 heteroatoms. The number of aromatic nitrogens is 2. The molecule has 0 unspecified atom stereocenters. The van der Waals surface area contributed by atoms with E-state index in [0.29, 0.717) is 18.7 Å². The number of hydrogen-bond acceptors (Lipinski definition) is 5. The highest BCUT2D eigenvalue weighted by Crippen LogP contribution is 2.47. The Hall–Kier alpha value is -3.29. The molecule has 2 aromatic heterocycles. The van der Waals surface area contributed by atoms with Gasteiger partial charge in [0.25, 0.3) is 5.56 Å². The molecule has 1 fully saturated rings. The van der Waals surface area contributed by atoms with E-state index in [2.05, 4.69) is 15.2 Å². The van der Waals surface area contributed by atoms with Gasteiger partial charge in [0.2, 0.25) is 5.91 Å². The van der Waals surface area contributed by atoms with Crippen LogP contribution in [-0.4, -0.2) is 51.7 Å². The first-order valence-electron chi connectivity index (χ1n) is 11.4. The third kappa shape index (κ3) is 3.77. The highest BCUT2D eigenvalue weighted by atomic mass is 16.3. The topological polar surface area (TPSA) is 87.5 Å². The maximum absolute atomic E-state index is 13.4. The van der Waals surface area contributed by atoms with Crippen LogP contribution in [0.4, 0.5) is 0 Å². The molecule has 0 radical (unpaired) electrons. The molecule has 170 valence electrons. The fraction of sp³-hybridized carbons (Fsp3) is 0.346. The Kier molecular flexibility index (Phi) is 5.83. The summed E-state index contributed by atoms with van der Waals surface area (Å²) in [4.78, 5) is 32.9. The lowest BCUT2D eigenvalue weighted by atomic mass is 9.86. The van der Waals surface area contributed by atoms with Crippen molar-refractivity contribution in [2.24, 2.45) is 11.8 Å². The number of pyridine rings is 2. The summed E-state index contributed by atoms with van der Waals surface area (Å²) in [5.74, 6) is -0.718. The number of rotatable bonds is 6. The van der Waals surface area contributed by atoms with Gasteiger partial charge in [-0.15, -0.1) is 0 Å².